The molecule has 0 aliphatic heterocycles. The van der Waals surface area contributed by atoms with Gasteiger partial charge in [-0.3, -0.25) is 4.79 Å². The smallest absolute Gasteiger partial charge is 0.255 e. The number of ether oxygens (including phenoxy) is 1. The highest BCUT2D eigenvalue weighted by molar-refractivity contribution is 6.33. The summed E-state index contributed by atoms with van der Waals surface area (Å²) in [5.74, 6) is -0.0241. The molecule has 0 radical (unpaired) electrons. The van der Waals surface area contributed by atoms with E-state index in [4.69, 9.17) is 16.3 Å². The topological polar surface area (TPSA) is 38.3 Å². The van der Waals surface area contributed by atoms with Gasteiger partial charge >= 0.3 is 0 Å². The number of carbonyl (C=O) groups excluding carboxylic acids is 1. The summed E-state index contributed by atoms with van der Waals surface area (Å²) in [7, 11) is 0. The Bertz CT molecular complexity index is 668. The van der Waals surface area contributed by atoms with Crippen molar-refractivity contribution in [3.05, 3.63) is 64.4 Å². The Labute approximate surface area is 140 Å². The molecule has 0 saturated carbocycles. The van der Waals surface area contributed by atoms with Crippen LogP contribution < -0.4 is 10.1 Å². The van der Waals surface area contributed by atoms with Gasteiger partial charge in [-0.15, -0.1) is 0 Å². The molecule has 122 valence electrons. The van der Waals surface area contributed by atoms with Gasteiger partial charge in [-0.25, -0.2) is 4.39 Å². The normalized spacial score (nSPS) is 10.7. The first kappa shape index (κ1) is 17.3. The predicted molar refractivity (Wildman–Crippen MR) is 89.8 cm³/mol. The van der Waals surface area contributed by atoms with Crippen molar-refractivity contribution in [2.24, 2.45) is 0 Å². The van der Waals surface area contributed by atoms with Crippen LogP contribution in [0.4, 0.5) is 4.39 Å². The van der Waals surface area contributed by atoms with Crippen molar-refractivity contribution in [1.29, 1.82) is 0 Å². The Hall–Kier alpha value is -2.07. The van der Waals surface area contributed by atoms with Gasteiger partial charge in [0, 0.05) is 0 Å². The minimum absolute atomic E-state index is 0.0908. The zero-order valence-corrected chi connectivity index (χ0v) is 13.9. The molecule has 0 unspecified atom stereocenters. The van der Waals surface area contributed by atoms with Gasteiger partial charge < -0.3 is 10.1 Å². The number of benzene rings is 2. The lowest BCUT2D eigenvalue weighted by Crippen LogP contribution is -2.29. The number of carbonyl (C=O) groups is 1. The van der Waals surface area contributed by atoms with Crippen LogP contribution in [0.5, 0.6) is 5.75 Å². The summed E-state index contributed by atoms with van der Waals surface area (Å²) in [5.41, 5.74) is 1.04. The second kappa shape index (κ2) is 7.97. The van der Waals surface area contributed by atoms with Gasteiger partial charge in [0.25, 0.3) is 5.91 Å². The summed E-state index contributed by atoms with van der Waals surface area (Å²) in [6.07, 6.45) is 0. The first-order chi connectivity index (χ1) is 11.0. The summed E-state index contributed by atoms with van der Waals surface area (Å²) in [6.45, 7) is 4.77. The number of rotatable bonds is 6. The summed E-state index contributed by atoms with van der Waals surface area (Å²) in [5, 5.41) is 2.69. The van der Waals surface area contributed by atoms with Crippen LogP contribution in [0.25, 0.3) is 0 Å². The van der Waals surface area contributed by atoms with Gasteiger partial charge in [-0.05, 0) is 35.7 Å². The lowest BCUT2D eigenvalue weighted by molar-refractivity contribution is 0.0943. The highest BCUT2D eigenvalue weighted by atomic mass is 35.5. The van der Waals surface area contributed by atoms with E-state index in [-0.39, 0.29) is 17.1 Å². The fourth-order valence-electron chi connectivity index (χ4n) is 2.10. The zero-order chi connectivity index (χ0) is 16.8. The van der Waals surface area contributed by atoms with Crippen LogP contribution in [0, 0.1) is 5.82 Å². The number of hydrogen-bond acceptors (Lipinski definition) is 2. The molecule has 0 aliphatic carbocycles. The fourth-order valence-corrected chi connectivity index (χ4v) is 2.35. The number of hydrogen-bond donors (Lipinski definition) is 1. The van der Waals surface area contributed by atoms with Crippen LogP contribution in [0.15, 0.2) is 42.5 Å². The molecule has 3 nitrogen and oxygen atoms in total. The number of nitrogens with one attached hydrogen (secondary N) is 1. The maximum Gasteiger partial charge on any atom is 0.255 e. The molecule has 0 aromatic heterocycles. The van der Waals surface area contributed by atoms with Crippen LogP contribution in [0.1, 0.15) is 35.7 Å². The molecule has 0 saturated heterocycles. The molecule has 2 aromatic rings. The minimum Gasteiger partial charge on any atom is -0.492 e. The molecule has 23 heavy (non-hydrogen) atoms. The zero-order valence-electron chi connectivity index (χ0n) is 13.1. The van der Waals surface area contributed by atoms with Gasteiger partial charge in [-0.2, -0.15) is 0 Å². The highest BCUT2D eigenvalue weighted by Crippen LogP contribution is 2.20. The van der Waals surface area contributed by atoms with Crippen LogP contribution in [0.3, 0.4) is 0 Å². The van der Waals surface area contributed by atoms with Crippen molar-refractivity contribution in [2.75, 3.05) is 13.2 Å². The Kier molecular flexibility index (Phi) is 5.99. The van der Waals surface area contributed by atoms with Crippen LogP contribution in [-0.2, 0) is 0 Å². The van der Waals surface area contributed by atoms with E-state index in [1.165, 1.54) is 23.8 Å². The Balaban J connectivity index is 1.86. The lowest BCUT2D eigenvalue weighted by Gasteiger charge is -2.11. The molecule has 0 fully saturated rings. The van der Waals surface area contributed by atoms with Crippen molar-refractivity contribution < 1.29 is 13.9 Å². The molecule has 0 bridgehead atoms. The van der Waals surface area contributed by atoms with Gasteiger partial charge in [0.1, 0.15) is 18.2 Å². The molecule has 1 amide bonds. The van der Waals surface area contributed by atoms with Gasteiger partial charge in [0.05, 0.1) is 17.1 Å². The molecule has 5 heteroatoms. The molecule has 0 atom stereocenters. The van der Waals surface area contributed by atoms with E-state index < -0.39 is 11.7 Å². The van der Waals surface area contributed by atoms with Crippen molar-refractivity contribution in [3.8, 4) is 5.75 Å². The maximum absolute atomic E-state index is 13.6. The molecule has 2 rings (SSSR count). The van der Waals surface area contributed by atoms with Crippen molar-refractivity contribution in [2.45, 2.75) is 19.8 Å². The largest absolute Gasteiger partial charge is 0.492 e. The quantitative estimate of drug-likeness (QED) is 0.794. The third-order valence-electron chi connectivity index (χ3n) is 3.37. The summed E-state index contributed by atoms with van der Waals surface area (Å²) in [6, 6.07) is 11.9. The van der Waals surface area contributed by atoms with Crippen LogP contribution >= 0.6 is 11.6 Å². The molecule has 2 aromatic carbocycles. The second-order valence-corrected chi connectivity index (χ2v) is 5.84. The van der Waals surface area contributed by atoms with Crippen LogP contribution in [0.2, 0.25) is 5.02 Å². The predicted octanol–water partition coefficient (Wildman–Crippen LogP) is 4.41. The first-order valence-electron chi connectivity index (χ1n) is 7.44. The van der Waals surface area contributed by atoms with Crippen molar-refractivity contribution >= 4 is 17.5 Å². The third kappa shape index (κ3) is 4.70. The first-order valence-corrected chi connectivity index (χ1v) is 7.82. The fraction of sp³-hybridized carbons (Fsp3) is 0.278. The van der Waals surface area contributed by atoms with E-state index >= 15 is 0 Å². The average molecular weight is 336 g/mol. The molecule has 0 aliphatic rings. The van der Waals surface area contributed by atoms with Gasteiger partial charge in [0.15, 0.2) is 0 Å². The minimum atomic E-state index is -0.638. The van der Waals surface area contributed by atoms with E-state index in [1.54, 1.807) is 0 Å². The SMILES string of the molecule is CC(C)c1cccc(OCCNC(=O)c2c(F)cccc2Cl)c1. The molecule has 0 heterocycles. The maximum atomic E-state index is 13.6. The lowest BCUT2D eigenvalue weighted by atomic mass is 10.0. The Morgan fingerprint density at radius 3 is 2.70 bits per heavy atom. The molecule has 0 spiro atoms. The van der Waals surface area contributed by atoms with Crippen molar-refractivity contribution in [3.63, 3.8) is 0 Å². The van der Waals surface area contributed by atoms with E-state index in [2.05, 4.69) is 19.2 Å². The standard InChI is InChI=1S/C18H19ClFNO2/c1-12(2)13-5-3-6-14(11-13)23-10-9-21-18(22)17-15(19)7-4-8-16(17)20/h3-8,11-12H,9-10H2,1-2H3,(H,21,22). The van der Waals surface area contributed by atoms with E-state index in [0.29, 0.717) is 12.5 Å². The van der Waals surface area contributed by atoms with E-state index in [9.17, 15) is 9.18 Å². The van der Waals surface area contributed by atoms with E-state index in [1.807, 2.05) is 24.3 Å². The van der Waals surface area contributed by atoms with Crippen molar-refractivity contribution in [1.82, 2.24) is 5.32 Å². The molecule has 1 N–H and O–H groups in total. The van der Waals surface area contributed by atoms with Gasteiger partial charge in [0.2, 0.25) is 0 Å². The molecular formula is C18H19ClFNO2. The van der Waals surface area contributed by atoms with Crippen LogP contribution in [-0.4, -0.2) is 19.1 Å². The van der Waals surface area contributed by atoms with Gasteiger partial charge in [-0.1, -0.05) is 43.6 Å². The molecular weight excluding hydrogens is 317 g/mol. The monoisotopic (exact) mass is 335 g/mol. The number of amides is 1. The summed E-state index contributed by atoms with van der Waals surface area (Å²) < 4.78 is 19.2. The average Bonchev–Trinajstić information content (AvgIpc) is 2.51. The summed E-state index contributed by atoms with van der Waals surface area (Å²) in [4.78, 5) is 11.9. The summed E-state index contributed by atoms with van der Waals surface area (Å²) >= 11 is 5.85. The van der Waals surface area contributed by atoms with E-state index in [0.717, 1.165) is 5.75 Å². The second-order valence-electron chi connectivity index (χ2n) is 5.43. The Morgan fingerprint density at radius 1 is 1.26 bits per heavy atom. The third-order valence-corrected chi connectivity index (χ3v) is 3.69. The number of halogens is 2. The Morgan fingerprint density at radius 2 is 2.00 bits per heavy atom. The highest BCUT2D eigenvalue weighted by Gasteiger charge is 2.14.